The number of anilines is 1. The molecule has 0 saturated carbocycles. The normalized spacial score (nSPS) is 16.2. The van der Waals surface area contributed by atoms with Gasteiger partial charge in [-0.1, -0.05) is 6.58 Å². The molecule has 0 saturated heterocycles. The summed E-state index contributed by atoms with van der Waals surface area (Å²) in [5.74, 6) is -0.305. The molecule has 138 valence electrons. The lowest BCUT2D eigenvalue weighted by molar-refractivity contribution is -0.111. The molecule has 0 fully saturated rings. The van der Waals surface area contributed by atoms with Crippen LogP contribution in [0.3, 0.4) is 0 Å². The summed E-state index contributed by atoms with van der Waals surface area (Å²) >= 11 is 2.94. The predicted molar refractivity (Wildman–Crippen MR) is 106 cm³/mol. The van der Waals surface area contributed by atoms with Gasteiger partial charge < -0.3 is 15.3 Å². The number of nitrogens with one attached hydrogen (secondary N) is 1. The Balaban J connectivity index is 1.88. The highest BCUT2D eigenvalue weighted by molar-refractivity contribution is 7.23. The Hall–Kier alpha value is -2.78. The summed E-state index contributed by atoms with van der Waals surface area (Å²) < 4.78 is 1.01. The van der Waals surface area contributed by atoms with E-state index in [0.717, 1.165) is 31.2 Å². The average Bonchev–Trinajstić information content (AvgIpc) is 3.22. The highest BCUT2D eigenvalue weighted by atomic mass is 32.1. The van der Waals surface area contributed by atoms with E-state index in [4.69, 9.17) is 4.98 Å². The van der Waals surface area contributed by atoms with E-state index in [0.29, 0.717) is 18.0 Å². The molecule has 0 aliphatic carbocycles. The van der Waals surface area contributed by atoms with Crippen LogP contribution in [0, 0.1) is 0 Å². The van der Waals surface area contributed by atoms with Gasteiger partial charge in [0.25, 0.3) is 0 Å². The van der Waals surface area contributed by atoms with Gasteiger partial charge in [0.05, 0.1) is 16.9 Å². The van der Waals surface area contributed by atoms with Crippen LogP contribution in [0.4, 0.5) is 9.80 Å². The lowest BCUT2D eigenvalue weighted by atomic mass is 9.99. The van der Waals surface area contributed by atoms with Gasteiger partial charge in [-0.25, -0.2) is 9.78 Å². The number of aromatic nitrogens is 2. The molecule has 1 aliphatic rings. The van der Waals surface area contributed by atoms with Crippen molar-refractivity contribution in [3.63, 3.8) is 0 Å². The van der Waals surface area contributed by atoms with Crippen molar-refractivity contribution in [2.24, 2.45) is 0 Å². The smallest absolute Gasteiger partial charge is 0.407 e. The highest BCUT2D eigenvalue weighted by Crippen LogP contribution is 2.48. The number of carbonyl (C=O) groups excluding carboxylic acids is 1. The molecule has 0 aromatic carbocycles. The van der Waals surface area contributed by atoms with Crippen molar-refractivity contribution in [3.8, 4) is 10.6 Å². The molecular formula is C18H16N4O3S2. The van der Waals surface area contributed by atoms with Gasteiger partial charge >= 0.3 is 6.09 Å². The van der Waals surface area contributed by atoms with E-state index < -0.39 is 6.09 Å². The molecule has 4 rings (SSSR count). The van der Waals surface area contributed by atoms with Crippen LogP contribution < -0.4 is 5.32 Å². The number of thiophene rings is 1. The Labute approximate surface area is 163 Å². The van der Waals surface area contributed by atoms with Crippen molar-refractivity contribution in [3.05, 3.63) is 41.6 Å². The molecule has 1 aliphatic heterocycles. The zero-order valence-corrected chi connectivity index (χ0v) is 16.1. The van der Waals surface area contributed by atoms with Gasteiger partial charge in [-0.2, -0.15) is 0 Å². The maximum absolute atomic E-state index is 11.9. The molecule has 0 unspecified atom stereocenters. The number of carboxylic acid groups (broad SMARTS) is 1. The fraction of sp³-hybridized carbons (Fsp3) is 0.222. The number of pyridine rings is 1. The zero-order chi connectivity index (χ0) is 19.1. The fourth-order valence-electron chi connectivity index (χ4n) is 3.26. The fourth-order valence-corrected chi connectivity index (χ4v) is 5.66. The third-order valence-corrected chi connectivity index (χ3v) is 6.93. The first-order valence-electron chi connectivity index (χ1n) is 8.29. The Kier molecular flexibility index (Phi) is 4.40. The van der Waals surface area contributed by atoms with E-state index in [9.17, 15) is 14.7 Å². The quantitative estimate of drug-likeness (QED) is 0.644. The van der Waals surface area contributed by atoms with E-state index in [2.05, 4.69) is 16.9 Å². The van der Waals surface area contributed by atoms with Gasteiger partial charge in [-0.15, -0.1) is 22.7 Å². The standard InChI is InChI=1S/C18H16N4O3S2/c1-3-13(23)21-17-14(16-20-11-8-19-6-4-12(11)26-16)10-5-7-22(18(24)25)9(2)15(10)27-17/h3-4,6,8-9H,1,5,7H2,2H3,(H,21,23)(H,24,25)/t9-/m0/s1. The van der Waals surface area contributed by atoms with Crippen molar-refractivity contribution in [1.82, 2.24) is 14.9 Å². The monoisotopic (exact) mass is 400 g/mol. The van der Waals surface area contributed by atoms with Crippen LogP contribution in [0.2, 0.25) is 0 Å². The second kappa shape index (κ2) is 6.75. The summed E-state index contributed by atoms with van der Waals surface area (Å²) in [6.07, 6.45) is 4.30. The van der Waals surface area contributed by atoms with E-state index in [-0.39, 0.29) is 11.9 Å². The van der Waals surface area contributed by atoms with Gasteiger partial charge in [-0.3, -0.25) is 9.78 Å². The average molecular weight is 400 g/mol. The third kappa shape index (κ3) is 2.98. The summed E-state index contributed by atoms with van der Waals surface area (Å²) in [6.45, 7) is 5.79. The third-order valence-electron chi connectivity index (χ3n) is 4.56. The molecule has 2 amide bonds. The molecule has 3 aromatic heterocycles. The van der Waals surface area contributed by atoms with Crippen molar-refractivity contribution < 1.29 is 14.7 Å². The summed E-state index contributed by atoms with van der Waals surface area (Å²) in [4.78, 5) is 34.6. The van der Waals surface area contributed by atoms with Crippen LogP contribution in [0.5, 0.6) is 0 Å². The topological polar surface area (TPSA) is 95.4 Å². The van der Waals surface area contributed by atoms with Crippen LogP contribution in [0.15, 0.2) is 31.1 Å². The summed E-state index contributed by atoms with van der Waals surface area (Å²) in [5, 5.41) is 13.8. The number of hydrogen-bond donors (Lipinski definition) is 2. The van der Waals surface area contributed by atoms with E-state index >= 15 is 0 Å². The minimum absolute atomic E-state index is 0.277. The lowest BCUT2D eigenvalue weighted by Gasteiger charge is -2.31. The number of fused-ring (bicyclic) bond motifs is 2. The Morgan fingerprint density at radius 1 is 1.44 bits per heavy atom. The molecule has 7 nitrogen and oxygen atoms in total. The summed E-state index contributed by atoms with van der Waals surface area (Å²) in [6, 6.07) is 1.63. The van der Waals surface area contributed by atoms with Crippen molar-refractivity contribution >= 4 is 49.9 Å². The van der Waals surface area contributed by atoms with Crippen LogP contribution >= 0.6 is 22.7 Å². The summed E-state index contributed by atoms with van der Waals surface area (Å²) in [5.41, 5.74) is 2.73. The zero-order valence-electron chi connectivity index (χ0n) is 14.4. The minimum Gasteiger partial charge on any atom is -0.465 e. The number of carbonyl (C=O) groups is 2. The number of hydrogen-bond acceptors (Lipinski definition) is 6. The van der Waals surface area contributed by atoms with E-state index in [1.807, 2.05) is 13.0 Å². The molecular weight excluding hydrogens is 384 g/mol. The molecule has 0 radical (unpaired) electrons. The van der Waals surface area contributed by atoms with Gasteiger partial charge in [-0.05, 0) is 31.1 Å². The number of rotatable bonds is 3. The molecule has 1 atom stereocenters. The van der Waals surface area contributed by atoms with Crippen molar-refractivity contribution in [2.75, 3.05) is 11.9 Å². The molecule has 9 heteroatoms. The van der Waals surface area contributed by atoms with Crippen LogP contribution in [0.25, 0.3) is 20.8 Å². The van der Waals surface area contributed by atoms with Gasteiger partial charge in [0, 0.05) is 23.2 Å². The largest absolute Gasteiger partial charge is 0.465 e. The molecule has 4 heterocycles. The Morgan fingerprint density at radius 2 is 2.26 bits per heavy atom. The first-order valence-corrected chi connectivity index (χ1v) is 9.92. The molecule has 0 bridgehead atoms. The molecule has 3 aromatic rings. The number of amides is 2. The van der Waals surface area contributed by atoms with Gasteiger partial charge in [0.2, 0.25) is 5.91 Å². The van der Waals surface area contributed by atoms with Crippen LogP contribution in [-0.4, -0.2) is 38.5 Å². The lowest BCUT2D eigenvalue weighted by Crippen LogP contribution is -2.37. The van der Waals surface area contributed by atoms with Crippen LogP contribution in [0.1, 0.15) is 23.4 Å². The van der Waals surface area contributed by atoms with E-state index in [1.165, 1.54) is 33.6 Å². The van der Waals surface area contributed by atoms with Gasteiger partial charge in [0.15, 0.2) is 0 Å². The van der Waals surface area contributed by atoms with Crippen molar-refractivity contribution in [2.45, 2.75) is 19.4 Å². The summed E-state index contributed by atoms with van der Waals surface area (Å²) in [7, 11) is 0. The molecule has 0 spiro atoms. The molecule has 2 N–H and O–H groups in total. The number of thiazole rings is 1. The molecule has 27 heavy (non-hydrogen) atoms. The second-order valence-corrected chi connectivity index (χ2v) is 8.19. The number of nitrogens with zero attached hydrogens (tertiary/aromatic N) is 3. The Morgan fingerprint density at radius 3 is 2.96 bits per heavy atom. The maximum atomic E-state index is 11.9. The van der Waals surface area contributed by atoms with Gasteiger partial charge in [0.1, 0.15) is 15.5 Å². The van der Waals surface area contributed by atoms with Crippen LogP contribution in [-0.2, 0) is 11.2 Å². The second-order valence-electron chi connectivity index (χ2n) is 6.11. The van der Waals surface area contributed by atoms with E-state index in [1.54, 1.807) is 12.4 Å². The maximum Gasteiger partial charge on any atom is 0.407 e. The first-order chi connectivity index (χ1) is 13.0. The first kappa shape index (κ1) is 17.6. The Bertz CT molecular complexity index is 1040. The predicted octanol–water partition coefficient (Wildman–Crippen LogP) is 4.14. The van der Waals surface area contributed by atoms with Crippen molar-refractivity contribution in [1.29, 1.82) is 0 Å². The minimum atomic E-state index is -0.939. The highest BCUT2D eigenvalue weighted by Gasteiger charge is 2.33. The SMILES string of the molecule is C=CC(=O)Nc1sc2c(c1-c1nc3cnccc3s1)CCN(C(=O)O)[C@H]2C.